The standard InChI is InChI=1S/C20H21FN4O4/c1-13(26)22-15-5-8-18(29-2)17(11-15)23-19(27)12-24-9-10-25(20(24)28)16-6-3-14(21)4-7-16/h3-8,11H,9-10,12H2,1-2H3,(H,22,26)(H,23,27). The van der Waals surface area contributed by atoms with Crippen LogP contribution in [-0.4, -0.2) is 49.5 Å². The van der Waals surface area contributed by atoms with E-state index >= 15 is 0 Å². The van der Waals surface area contributed by atoms with E-state index in [1.54, 1.807) is 18.2 Å². The van der Waals surface area contributed by atoms with Crippen molar-refractivity contribution in [1.82, 2.24) is 4.90 Å². The number of methoxy groups -OCH3 is 1. The number of ether oxygens (including phenoxy) is 1. The second-order valence-electron chi connectivity index (χ2n) is 6.48. The molecule has 0 unspecified atom stereocenters. The first kappa shape index (κ1) is 20.1. The maximum absolute atomic E-state index is 13.1. The van der Waals surface area contributed by atoms with Crippen LogP contribution in [0, 0.1) is 5.82 Å². The largest absolute Gasteiger partial charge is 0.495 e. The summed E-state index contributed by atoms with van der Waals surface area (Å²) in [7, 11) is 1.47. The highest BCUT2D eigenvalue weighted by Gasteiger charge is 2.31. The average Bonchev–Trinajstić information content (AvgIpc) is 3.02. The molecule has 152 valence electrons. The summed E-state index contributed by atoms with van der Waals surface area (Å²) in [6, 6.07) is 10.1. The van der Waals surface area contributed by atoms with Gasteiger partial charge in [-0.3, -0.25) is 14.5 Å². The molecule has 8 nitrogen and oxygen atoms in total. The van der Waals surface area contributed by atoms with Crippen molar-refractivity contribution in [1.29, 1.82) is 0 Å². The monoisotopic (exact) mass is 400 g/mol. The van der Waals surface area contributed by atoms with Gasteiger partial charge in [-0.05, 0) is 42.5 Å². The van der Waals surface area contributed by atoms with Gasteiger partial charge in [-0.15, -0.1) is 0 Å². The second-order valence-corrected chi connectivity index (χ2v) is 6.48. The van der Waals surface area contributed by atoms with Crippen LogP contribution in [0.5, 0.6) is 5.75 Å². The maximum Gasteiger partial charge on any atom is 0.325 e. The van der Waals surface area contributed by atoms with Crippen molar-refractivity contribution >= 4 is 34.9 Å². The summed E-state index contributed by atoms with van der Waals surface area (Å²) in [6.07, 6.45) is 0. The highest BCUT2D eigenvalue weighted by atomic mass is 19.1. The number of hydrogen-bond acceptors (Lipinski definition) is 4. The average molecular weight is 400 g/mol. The summed E-state index contributed by atoms with van der Waals surface area (Å²) in [5.41, 5.74) is 1.46. The van der Waals surface area contributed by atoms with Crippen LogP contribution in [0.4, 0.5) is 26.2 Å². The Kier molecular flexibility index (Phi) is 5.96. The van der Waals surface area contributed by atoms with Crippen LogP contribution in [0.25, 0.3) is 0 Å². The summed E-state index contributed by atoms with van der Waals surface area (Å²) < 4.78 is 18.3. The minimum atomic E-state index is -0.405. The second kappa shape index (κ2) is 8.59. The molecule has 2 aromatic carbocycles. The summed E-state index contributed by atoms with van der Waals surface area (Å²) in [5, 5.41) is 5.34. The fraction of sp³-hybridized carbons (Fsp3) is 0.250. The molecular weight excluding hydrogens is 379 g/mol. The summed E-state index contributed by atoms with van der Waals surface area (Å²) in [5.74, 6) is -0.603. The summed E-state index contributed by atoms with van der Waals surface area (Å²) in [4.78, 5) is 39.2. The van der Waals surface area contributed by atoms with Gasteiger partial charge in [-0.1, -0.05) is 0 Å². The number of halogens is 1. The number of benzene rings is 2. The molecule has 1 fully saturated rings. The van der Waals surface area contributed by atoms with E-state index in [9.17, 15) is 18.8 Å². The van der Waals surface area contributed by atoms with Gasteiger partial charge in [-0.25, -0.2) is 9.18 Å². The first-order valence-corrected chi connectivity index (χ1v) is 8.95. The lowest BCUT2D eigenvalue weighted by molar-refractivity contribution is -0.116. The highest BCUT2D eigenvalue weighted by Crippen LogP contribution is 2.28. The van der Waals surface area contributed by atoms with Gasteiger partial charge in [-0.2, -0.15) is 0 Å². The van der Waals surface area contributed by atoms with Gasteiger partial charge in [0.05, 0.1) is 12.8 Å². The summed E-state index contributed by atoms with van der Waals surface area (Å²) in [6.45, 7) is 2.00. The third-order valence-electron chi connectivity index (χ3n) is 4.36. The van der Waals surface area contributed by atoms with Crippen LogP contribution in [0.2, 0.25) is 0 Å². The quantitative estimate of drug-likeness (QED) is 0.780. The number of amides is 4. The molecule has 2 N–H and O–H groups in total. The van der Waals surface area contributed by atoms with E-state index in [0.29, 0.717) is 35.9 Å². The topological polar surface area (TPSA) is 91.0 Å². The molecule has 29 heavy (non-hydrogen) atoms. The Balaban J connectivity index is 1.66. The molecular formula is C20H21FN4O4. The number of rotatable bonds is 6. The van der Waals surface area contributed by atoms with Gasteiger partial charge in [0.15, 0.2) is 0 Å². The molecule has 1 heterocycles. The zero-order valence-electron chi connectivity index (χ0n) is 16.1. The number of nitrogens with zero attached hydrogens (tertiary/aromatic N) is 2. The third kappa shape index (κ3) is 4.81. The first-order chi connectivity index (χ1) is 13.9. The van der Waals surface area contributed by atoms with Crippen molar-refractivity contribution < 1.29 is 23.5 Å². The lowest BCUT2D eigenvalue weighted by Gasteiger charge is -2.19. The molecule has 1 aliphatic heterocycles. The zero-order chi connectivity index (χ0) is 21.0. The van der Waals surface area contributed by atoms with Crippen LogP contribution in [0.3, 0.4) is 0 Å². The molecule has 2 aromatic rings. The fourth-order valence-electron chi connectivity index (χ4n) is 3.04. The molecule has 1 saturated heterocycles. The predicted molar refractivity (Wildman–Crippen MR) is 107 cm³/mol. The van der Waals surface area contributed by atoms with Crippen molar-refractivity contribution in [3.05, 3.63) is 48.3 Å². The molecule has 0 radical (unpaired) electrons. The number of anilines is 3. The van der Waals surface area contributed by atoms with E-state index in [1.165, 1.54) is 48.1 Å². The van der Waals surface area contributed by atoms with E-state index < -0.39 is 5.91 Å². The minimum Gasteiger partial charge on any atom is -0.495 e. The predicted octanol–water partition coefficient (Wildman–Crippen LogP) is 2.67. The smallest absolute Gasteiger partial charge is 0.325 e. The molecule has 0 spiro atoms. The van der Waals surface area contributed by atoms with E-state index in [0.717, 1.165) is 0 Å². The first-order valence-electron chi connectivity index (χ1n) is 8.95. The zero-order valence-corrected chi connectivity index (χ0v) is 16.1. The van der Waals surface area contributed by atoms with Gasteiger partial charge < -0.3 is 20.3 Å². The number of carbonyl (C=O) groups excluding carboxylic acids is 3. The lowest BCUT2D eigenvalue weighted by Crippen LogP contribution is -2.37. The van der Waals surface area contributed by atoms with Crippen molar-refractivity contribution in [2.45, 2.75) is 6.92 Å². The Morgan fingerprint density at radius 1 is 1.10 bits per heavy atom. The highest BCUT2D eigenvalue weighted by molar-refractivity contribution is 6.00. The van der Waals surface area contributed by atoms with Gasteiger partial charge in [0, 0.05) is 31.4 Å². The van der Waals surface area contributed by atoms with Crippen LogP contribution < -0.4 is 20.3 Å². The minimum absolute atomic E-state index is 0.149. The Morgan fingerprint density at radius 3 is 2.48 bits per heavy atom. The molecule has 0 saturated carbocycles. The van der Waals surface area contributed by atoms with Crippen molar-refractivity contribution in [2.75, 3.05) is 42.3 Å². The van der Waals surface area contributed by atoms with Crippen LogP contribution >= 0.6 is 0 Å². The van der Waals surface area contributed by atoms with Crippen molar-refractivity contribution in [3.8, 4) is 5.75 Å². The van der Waals surface area contributed by atoms with Gasteiger partial charge >= 0.3 is 6.03 Å². The Labute approximate surface area is 167 Å². The van der Waals surface area contributed by atoms with Crippen LogP contribution in [0.1, 0.15) is 6.92 Å². The van der Waals surface area contributed by atoms with Crippen molar-refractivity contribution in [3.63, 3.8) is 0 Å². The van der Waals surface area contributed by atoms with E-state index in [4.69, 9.17) is 4.74 Å². The molecule has 1 aliphatic rings. The van der Waals surface area contributed by atoms with E-state index in [1.807, 2.05) is 0 Å². The van der Waals surface area contributed by atoms with E-state index in [-0.39, 0.29) is 24.3 Å². The van der Waals surface area contributed by atoms with Crippen LogP contribution in [0.15, 0.2) is 42.5 Å². The number of nitrogens with one attached hydrogen (secondary N) is 2. The Hall–Kier alpha value is -3.62. The normalized spacial score (nSPS) is 13.4. The van der Waals surface area contributed by atoms with E-state index in [2.05, 4.69) is 10.6 Å². The molecule has 9 heteroatoms. The van der Waals surface area contributed by atoms with Gasteiger partial charge in [0.1, 0.15) is 18.1 Å². The van der Waals surface area contributed by atoms with Crippen molar-refractivity contribution in [2.24, 2.45) is 0 Å². The summed E-state index contributed by atoms with van der Waals surface area (Å²) >= 11 is 0. The van der Waals surface area contributed by atoms with Crippen LogP contribution in [-0.2, 0) is 9.59 Å². The maximum atomic E-state index is 13.1. The SMILES string of the molecule is COc1ccc(NC(C)=O)cc1NC(=O)CN1CCN(c2ccc(F)cc2)C1=O. The molecule has 0 aliphatic carbocycles. The molecule has 0 aromatic heterocycles. The number of urea groups is 1. The Bertz CT molecular complexity index is 933. The molecule has 3 rings (SSSR count). The molecule has 4 amide bonds. The number of carbonyl (C=O) groups is 3. The lowest BCUT2D eigenvalue weighted by atomic mass is 10.2. The third-order valence-corrected chi connectivity index (χ3v) is 4.36. The van der Waals surface area contributed by atoms with Gasteiger partial charge in [0.2, 0.25) is 11.8 Å². The molecule has 0 bridgehead atoms. The fourth-order valence-corrected chi connectivity index (χ4v) is 3.04. The van der Waals surface area contributed by atoms with Gasteiger partial charge in [0.25, 0.3) is 0 Å². The number of hydrogen-bond donors (Lipinski definition) is 2. The molecule has 0 atom stereocenters. The Morgan fingerprint density at radius 2 is 1.83 bits per heavy atom.